The van der Waals surface area contributed by atoms with Crippen LogP contribution in [0.4, 0.5) is 0 Å². The number of carbonyl (C=O) groups excluding carboxylic acids is 1. The highest BCUT2D eigenvalue weighted by Gasteiger charge is 2.63. The van der Waals surface area contributed by atoms with Crippen molar-refractivity contribution in [3.63, 3.8) is 0 Å². The molecule has 0 bridgehead atoms. The molecule has 0 aromatic heterocycles. The van der Waals surface area contributed by atoms with Gasteiger partial charge in [0.15, 0.2) is 0 Å². The number of ether oxygens (including phenoxy) is 2. The van der Waals surface area contributed by atoms with Gasteiger partial charge in [0.2, 0.25) is 0 Å². The van der Waals surface area contributed by atoms with E-state index in [1.807, 2.05) is 13.0 Å². The summed E-state index contributed by atoms with van der Waals surface area (Å²) >= 11 is 0. The smallest absolute Gasteiger partial charge is 0.316 e. The van der Waals surface area contributed by atoms with Crippen molar-refractivity contribution in [3.05, 3.63) is 70.1 Å². The first kappa shape index (κ1) is 23.8. The highest BCUT2D eigenvalue weighted by Crippen LogP contribution is 2.66. The lowest BCUT2D eigenvalue weighted by atomic mass is 9.56. The minimum Gasteiger partial charge on any atom is -0.454 e. The number of nitrogens with zero attached hydrogens (tertiary/aromatic N) is 3. The van der Waals surface area contributed by atoms with E-state index < -0.39 is 11.6 Å². The molecule has 3 saturated carbocycles. The highest BCUT2D eigenvalue weighted by molar-refractivity contribution is 5.80. The van der Waals surface area contributed by atoms with Crippen LogP contribution in [0.15, 0.2) is 59.2 Å². The summed E-state index contributed by atoms with van der Waals surface area (Å²) in [6.45, 7) is 9.74. The summed E-state index contributed by atoms with van der Waals surface area (Å²) in [5.41, 5.74) is 12.4. The average molecular weight is 488 g/mol. The minimum atomic E-state index is -0.746. The molecule has 190 valence electrons. The van der Waals surface area contributed by atoms with Crippen LogP contribution in [0.3, 0.4) is 0 Å². The largest absolute Gasteiger partial charge is 0.454 e. The monoisotopic (exact) mass is 487 g/mol. The van der Waals surface area contributed by atoms with E-state index in [0.717, 1.165) is 44.1 Å². The fourth-order valence-electron chi connectivity index (χ4n) is 8.75. The van der Waals surface area contributed by atoms with Crippen molar-refractivity contribution in [3.8, 4) is 0 Å². The highest BCUT2D eigenvalue weighted by atomic mass is 16.6. The second kappa shape index (κ2) is 8.78. The van der Waals surface area contributed by atoms with E-state index in [-0.39, 0.29) is 17.3 Å². The van der Waals surface area contributed by atoms with Crippen LogP contribution >= 0.6 is 0 Å². The van der Waals surface area contributed by atoms with E-state index in [2.05, 4.69) is 53.9 Å². The number of hydrogen-bond acceptors (Lipinski definition) is 4. The lowest BCUT2D eigenvalue weighted by molar-refractivity contribution is -0.149. The van der Waals surface area contributed by atoms with E-state index in [0.29, 0.717) is 36.4 Å². The number of azide groups is 1. The lowest BCUT2D eigenvalue weighted by Crippen LogP contribution is -2.46. The van der Waals surface area contributed by atoms with Gasteiger partial charge >= 0.3 is 5.97 Å². The Labute approximate surface area is 213 Å². The third kappa shape index (κ3) is 3.48. The molecule has 9 atom stereocenters. The lowest BCUT2D eigenvalue weighted by Gasteiger charge is -2.49. The molecule has 36 heavy (non-hydrogen) atoms. The van der Waals surface area contributed by atoms with Crippen LogP contribution in [0, 0.1) is 35.0 Å². The molecule has 6 heteroatoms. The topological polar surface area (TPSA) is 84.3 Å². The second-order valence-corrected chi connectivity index (χ2v) is 12.1. The summed E-state index contributed by atoms with van der Waals surface area (Å²) in [6, 6.07) is 9.71. The molecule has 1 saturated heterocycles. The molecule has 6 rings (SSSR count). The maximum atomic E-state index is 12.6. The Morgan fingerprint density at radius 2 is 2.03 bits per heavy atom. The Hall–Kier alpha value is -2.56. The van der Waals surface area contributed by atoms with E-state index >= 15 is 0 Å². The van der Waals surface area contributed by atoms with Gasteiger partial charge in [-0.2, -0.15) is 0 Å². The summed E-state index contributed by atoms with van der Waals surface area (Å²) in [6.07, 6.45) is 10.2. The number of carbonyl (C=O) groups is 1. The van der Waals surface area contributed by atoms with Gasteiger partial charge < -0.3 is 9.47 Å². The van der Waals surface area contributed by atoms with Gasteiger partial charge in [-0.1, -0.05) is 67.5 Å². The summed E-state index contributed by atoms with van der Waals surface area (Å²) in [5, 5.41) is 3.78. The van der Waals surface area contributed by atoms with Gasteiger partial charge in [0.1, 0.15) is 11.6 Å². The maximum absolute atomic E-state index is 12.6. The number of allylic oxidation sites excluding steroid dienone is 1. The molecule has 1 spiro atoms. The van der Waals surface area contributed by atoms with E-state index in [1.54, 1.807) is 5.57 Å². The van der Waals surface area contributed by atoms with Gasteiger partial charge in [0.05, 0.1) is 12.7 Å². The zero-order chi connectivity index (χ0) is 25.1. The molecule has 1 unspecified atom stereocenters. The van der Waals surface area contributed by atoms with Gasteiger partial charge in [-0.05, 0) is 90.7 Å². The van der Waals surface area contributed by atoms with Gasteiger partial charge in [0.25, 0.3) is 0 Å². The number of hydrogen-bond donors (Lipinski definition) is 0. The van der Waals surface area contributed by atoms with Crippen LogP contribution in [-0.2, 0) is 20.9 Å². The number of fused-ring (bicyclic) bond motifs is 5. The third-order valence-corrected chi connectivity index (χ3v) is 10.8. The van der Waals surface area contributed by atoms with Gasteiger partial charge in [0, 0.05) is 10.8 Å². The van der Waals surface area contributed by atoms with Crippen LogP contribution in [0.2, 0.25) is 0 Å². The molecule has 4 fully saturated rings. The Balaban J connectivity index is 1.18. The molecule has 1 aliphatic heterocycles. The molecule has 1 heterocycles. The molecule has 0 N–H and O–H groups in total. The van der Waals surface area contributed by atoms with Gasteiger partial charge in [-0.25, -0.2) is 0 Å². The first-order valence-corrected chi connectivity index (χ1v) is 13.7. The second-order valence-electron chi connectivity index (χ2n) is 12.1. The van der Waals surface area contributed by atoms with Crippen molar-refractivity contribution in [2.75, 3.05) is 0 Å². The fourth-order valence-corrected chi connectivity index (χ4v) is 8.75. The van der Waals surface area contributed by atoms with Gasteiger partial charge in [-0.15, -0.1) is 0 Å². The van der Waals surface area contributed by atoms with Crippen LogP contribution in [0.5, 0.6) is 0 Å². The maximum Gasteiger partial charge on any atom is 0.316 e. The predicted octanol–water partition coefficient (Wildman–Crippen LogP) is 6.92. The summed E-state index contributed by atoms with van der Waals surface area (Å²) in [4.78, 5) is 15.5. The predicted molar refractivity (Wildman–Crippen MR) is 138 cm³/mol. The normalized spacial score (nSPS) is 43.2. The summed E-state index contributed by atoms with van der Waals surface area (Å²) < 4.78 is 12.4. The average Bonchev–Trinajstić information content (AvgIpc) is 3.38. The van der Waals surface area contributed by atoms with Crippen molar-refractivity contribution in [2.24, 2.45) is 40.1 Å². The van der Waals surface area contributed by atoms with Crippen molar-refractivity contribution in [1.29, 1.82) is 0 Å². The number of esters is 1. The van der Waals surface area contributed by atoms with Crippen molar-refractivity contribution in [1.82, 2.24) is 0 Å². The number of benzene rings is 1. The Kier molecular flexibility index (Phi) is 5.81. The summed E-state index contributed by atoms with van der Waals surface area (Å²) in [5.74, 6) is 1.71. The van der Waals surface area contributed by atoms with Crippen LogP contribution in [-0.4, -0.2) is 23.7 Å². The molecule has 0 amide bonds. The molecule has 5 aliphatic rings. The van der Waals surface area contributed by atoms with Crippen molar-refractivity contribution in [2.45, 2.75) is 83.1 Å². The first-order valence-electron chi connectivity index (χ1n) is 13.7. The molecular formula is C30H37N3O3. The molecule has 4 aliphatic carbocycles. The van der Waals surface area contributed by atoms with Crippen molar-refractivity contribution >= 4 is 5.97 Å². The first-order chi connectivity index (χ1) is 17.4. The summed E-state index contributed by atoms with van der Waals surface area (Å²) in [7, 11) is 0. The molecule has 0 radical (unpaired) electrons. The Morgan fingerprint density at radius 3 is 2.81 bits per heavy atom. The van der Waals surface area contributed by atoms with E-state index in [1.165, 1.54) is 12.0 Å². The van der Waals surface area contributed by atoms with Crippen LogP contribution in [0.25, 0.3) is 10.4 Å². The molecule has 6 nitrogen and oxygen atoms in total. The zero-order valence-electron chi connectivity index (χ0n) is 21.4. The fraction of sp³-hybridized carbons (Fsp3) is 0.633. The van der Waals surface area contributed by atoms with Gasteiger partial charge in [-0.3, -0.25) is 4.79 Å². The Morgan fingerprint density at radius 1 is 1.22 bits per heavy atom. The third-order valence-electron chi connectivity index (χ3n) is 10.8. The van der Waals surface area contributed by atoms with E-state index in [9.17, 15) is 4.79 Å². The Bertz CT molecular complexity index is 1140. The van der Waals surface area contributed by atoms with Crippen LogP contribution in [0.1, 0.15) is 64.4 Å². The van der Waals surface area contributed by atoms with Crippen LogP contribution < -0.4 is 0 Å². The minimum absolute atomic E-state index is 0.168. The van der Waals surface area contributed by atoms with E-state index in [4.69, 9.17) is 15.0 Å². The quantitative estimate of drug-likeness (QED) is 0.152. The zero-order valence-corrected chi connectivity index (χ0v) is 21.4. The SMILES string of the molecule is C=C1[C@H]2C[C@H]3[C@@H](CC=C4C[C@@H](OCc5ccccc5)CC[C@@]43C)[C@H]2CC[C@]12OC(=O)[C@@H](N=[N+]=[N-])C2C. The standard InChI is InChI=1S/C30H37N3O3/c1-18-25-16-26-24(23(25)12-14-30(18)19(2)27(32-33-31)28(34)36-30)10-9-21-15-22(11-13-29(21,26)3)35-17-20-7-5-4-6-8-20/h4-9,19,22-27H,1,10-17H2,2-3H3/t19?,22-,23+,24-,25+,26-,27-,29-,30-/m0/s1. The molecule has 1 aromatic rings. The molecule has 1 aromatic carbocycles. The molecular weight excluding hydrogens is 450 g/mol. The van der Waals surface area contributed by atoms with Crippen molar-refractivity contribution < 1.29 is 14.3 Å². The number of rotatable bonds is 4.